The molecule has 0 radical (unpaired) electrons. The number of carbonyl (C=O) groups is 1. The number of aliphatic hydroxyl groups excluding tert-OH is 1. The highest BCUT2D eigenvalue weighted by atomic mass is 32.2. The average Bonchev–Trinajstić information content (AvgIpc) is 3.48. The zero-order valence-corrected chi connectivity index (χ0v) is 19.4. The first-order valence-electron chi connectivity index (χ1n) is 10.2. The summed E-state index contributed by atoms with van der Waals surface area (Å²) in [4.78, 5) is 23.1. The number of thiophene rings is 1. The zero-order chi connectivity index (χ0) is 23.6. The fourth-order valence-corrected chi connectivity index (χ4v) is 5.23. The first-order chi connectivity index (χ1) is 15.7. The molecule has 0 bridgehead atoms. The van der Waals surface area contributed by atoms with Crippen molar-refractivity contribution in [2.24, 2.45) is 11.1 Å². The topological polar surface area (TPSA) is 162 Å². The summed E-state index contributed by atoms with van der Waals surface area (Å²) in [5, 5.41) is 22.5. The van der Waals surface area contributed by atoms with Crippen LogP contribution in [0.25, 0.3) is 0 Å². The molecule has 0 aromatic carbocycles. The molecular weight excluding hydrogens is 468 g/mol. The zero-order valence-electron chi connectivity index (χ0n) is 17.8. The number of rotatable bonds is 9. The number of anilines is 1. The van der Waals surface area contributed by atoms with Crippen LogP contribution in [0.2, 0.25) is 0 Å². The van der Waals surface area contributed by atoms with E-state index in [4.69, 9.17) is 5.14 Å². The molecule has 33 heavy (non-hydrogen) atoms. The van der Waals surface area contributed by atoms with E-state index in [0.717, 1.165) is 10.4 Å². The second kappa shape index (κ2) is 9.65. The van der Waals surface area contributed by atoms with Crippen molar-refractivity contribution >= 4 is 33.2 Å². The highest BCUT2D eigenvalue weighted by Crippen LogP contribution is 2.31. The summed E-state index contributed by atoms with van der Waals surface area (Å²) in [5.41, 5.74) is 1.33. The number of aliphatic hydroxyl groups is 1. The molecule has 11 nitrogen and oxygen atoms in total. The van der Waals surface area contributed by atoms with E-state index in [1.165, 1.54) is 23.9 Å². The van der Waals surface area contributed by atoms with Crippen molar-refractivity contribution in [2.45, 2.75) is 38.5 Å². The summed E-state index contributed by atoms with van der Waals surface area (Å²) in [5.74, 6) is -0.253. The van der Waals surface area contributed by atoms with Gasteiger partial charge in [0.1, 0.15) is 12.1 Å². The van der Waals surface area contributed by atoms with Crippen molar-refractivity contribution < 1.29 is 22.5 Å². The molecule has 1 fully saturated rings. The van der Waals surface area contributed by atoms with Gasteiger partial charge in [-0.05, 0) is 37.5 Å². The third-order valence-corrected chi connectivity index (χ3v) is 7.09. The van der Waals surface area contributed by atoms with Gasteiger partial charge in [-0.2, -0.15) is 13.5 Å². The molecule has 4 N–H and O–H groups in total. The van der Waals surface area contributed by atoms with E-state index >= 15 is 0 Å². The Balaban J connectivity index is 1.47. The van der Waals surface area contributed by atoms with E-state index in [1.807, 2.05) is 25.3 Å². The van der Waals surface area contributed by atoms with Crippen molar-refractivity contribution in [3.8, 4) is 0 Å². The molecule has 0 spiro atoms. The fraction of sp³-hybridized carbons (Fsp3) is 0.400. The molecule has 3 heterocycles. The van der Waals surface area contributed by atoms with Gasteiger partial charge in [0.25, 0.3) is 0 Å². The van der Waals surface area contributed by atoms with Crippen LogP contribution >= 0.6 is 11.3 Å². The number of hydrogen-bond donors (Lipinski definition) is 3. The van der Waals surface area contributed by atoms with Gasteiger partial charge in [0.15, 0.2) is 0 Å². The Morgan fingerprint density at radius 3 is 2.97 bits per heavy atom. The van der Waals surface area contributed by atoms with Crippen LogP contribution < -0.4 is 10.5 Å². The summed E-state index contributed by atoms with van der Waals surface area (Å²) in [6.45, 7) is 2.33. The van der Waals surface area contributed by atoms with Crippen molar-refractivity contribution in [3.05, 3.63) is 57.9 Å². The van der Waals surface area contributed by atoms with Crippen molar-refractivity contribution in [2.75, 3.05) is 11.9 Å². The minimum absolute atomic E-state index is 0.203. The molecule has 1 unspecified atom stereocenters. The molecular formula is C20H24N6O5S2. The Kier molecular flexibility index (Phi) is 6.86. The number of ketones is 1. The van der Waals surface area contributed by atoms with E-state index in [1.54, 1.807) is 10.9 Å². The normalized spacial score (nSPS) is 20.8. The van der Waals surface area contributed by atoms with Crippen LogP contribution in [0.3, 0.4) is 0 Å². The number of nitrogens with zero attached hydrogens (tertiary/aromatic N) is 4. The Morgan fingerprint density at radius 2 is 2.24 bits per heavy atom. The largest absolute Gasteiger partial charge is 0.393 e. The van der Waals surface area contributed by atoms with Crippen molar-refractivity contribution in [3.63, 3.8) is 0 Å². The van der Waals surface area contributed by atoms with E-state index < -0.39 is 22.3 Å². The summed E-state index contributed by atoms with van der Waals surface area (Å²) >= 11 is 1.40. The fourth-order valence-electron chi connectivity index (χ4n) is 3.88. The lowest BCUT2D eigenvalue weighted by molar-refractivity contribution is 0.101. The third kappa shape index (κ3) is 5.81. The highest BCUT2D eigenvalue weighted by molar-refractivity contribution is 7.84. The molecule has 1 aliphatic carbocycles. The molecule has 1 aliphatic rings. The highest BCUT2D eigenvalue weighted by Gasteiger charge is 2.34. The molecule has 0 amide bonds. The van der Waals surface area contributed by atoms with Crippen molar-refractivity contribution in [1.29, 1.82) is 0 Å². The van der Waals surface area contributed by atoms with Gasteiger partial charge in [0.2, 0.25) is 5.78 Å². The van der Waals surface area contributed by atoms with Gasteiger partial charge in [-0.3, -0.25) is 13.7 Å². The van der Waals surface area contributed by atoms with Crippen LogP contribution in [-0.4, -0.2) is 57.8 Å². The minimum atomic E-state index is -4.08. The molecule has 3 aromatic rings. The number of aryl methyl sites for hydroxylation is 1. The molecule has 1 saturated carbocycles. The first-order valence-corrected chi connectivity index (χ1v) is 12.5. The van der Waals surface area contributed by atoms with Gasteiger partial charge in [-0.25, -0.2) is 15.1 Å². The van der Waals surface area contributed by atoms with Gasteiger partial charge in [-0.1, -0.05) is 0 Å². The molecule has 4 rings (SSSR count). The number of aromatic nitrogens is 4. The molecule has 0 saturated heterocycles. The van der Waals surface area contributed by atoms with Crippen LogP contribution in [0.4, 0.5) is 5.82 Å². The van der Waals surface area contributed by atoms with Crippen LogP contribution in [0.15, 0.2) is 37.1 Å². The SMILES string of the molecule is Cc1sc(C(=O)c2cncnc2N[C@@H]2CC(COS(N)(=O)=O)[C@@H](O)C2)cc1Cn1cccn1. The van der Waals surface area contributed by atoms with Crippen LogP contribution in [0, 0.1) is 12.8 Å². The Hall–Kier alpha value is -2.71. The average molecular weight is 493 g/mol. The predicted molar refractivity (Wildman–Crippen MR) is 121 cm³/mol. The quantitative estimate of drug-likeness (QED) is 0.371. The molecule has 0 aliphatic heterocycles. The Labute approximate surface area is 194 Å². The van der Waals surface area contributed by atoms with E-state index in [9.17, 15) is 18.3 Å². The lowest BCUT2D eigenvalue weighted by Crippen LogP contribution is -2.24. The van der Waals surface area contributed by atoms with Gasteiger partial charge < -0.3 is 10.4 Å². The van der Waals surface area contributed by atoms with Crippen LogP contribution in [0.5, 0.6) is 0 Å². The molecule has 13 heteroatoms. The Morgan fingerprint density at radius 1 is 1.42 bits per heavy atom. The molecule has 3 aromatic heterocycles. The number of nitrogens with two attached hydrogens (primary N) is 1. The summed E-state index contributed by atoms with van der Waals surface area (Å²) in [6.07, 6.45) is 6.39. The van der Waals surface area contributed by atoms with Crippen LogP contribution in [-0.2, 0) is 21.0 Å². The monoisotopic (exact) mass is 492 g/mol. The molecule has 176 valence electrons. The number of hydrogen-bond acceptors (Lipinski definition) is 10. The minimum Gasteiger partial charge on any atom is -0.393 e. The van der Waals surface area contributed by atoms with Crippen molar-refractivity contribution in [1.82, 2.24) is 19.7 Å². The summed E-state index contributed by atoms with van der Waals surface area (Å²) in [7, 11) is -4.08. The Bertz CT molecular complexity index is 1230. The maximum Gasteiger partial charge on any atom is 0.333 e. The summed E-state index contributed by atoms with van der Waals surface area (Å²) < 4.78 is 28.5. The van der Waals surface area contributed by atoms with E-state index in [2.05, 4.69) is 24.6 Å². The predicted octanol–water partition coefficient (Wildman–Crippen LogP) is 1.09. The lowest BCUT2D eigenvalue weighted by Gasteiger charge is -2.15. The standard InChI is InChI=1S/C20H24N6O5S2/c1-12-13(9-26-4-2-3-24-26)6-18(32-12)19(28)16-8-22-11-23-20(16)25-15-5-14(17(27)7-15)10-31-33(21,29)30/h2-4,6,8,11,14-15,17,27H,5,7,9-10H2,1H3,(H2,21,29,30)(H,22,23,25)/t14?,15-,17+/m1/s1. The maximum absolute atomic E-state index is 13.3. The summed E-state index contributed by atoms with van der Waals surface area (Å²) in [6, 6.07) is 3.48. The van der Waals surface area contributed by atoms with E-state index in [-0.39, 0.29) is 18.4 Å². The second-order valence-electron chi connectivity index (χ2n) is 7.93. The van der Waals surface area contributed by atoms with Crippen LogP contribution in [0.1, 0.15) is 38.5 Å². The van der Waals surface area contributed by atoms with E-state index in [0.29, 0.717) is 35.6 Å². The van der Waals surface area contributed by atoms with Gasteiger partial charge in [0, 0.05) is 35.4 Å². The second-order valence-corrected chi connectivity index (χ2v) is 10.4. The first kappa shape index (κ1) is 23.4. The molecule has 3 atom stereocenters. The van der Waals surface area contributed by atoms with Gasteiger partial charge in [0.05, 0.1) is 29.7 Å². The lowest BCUT2D eigenvalue weighted by atomic mass is 10.1. The number of carbonyl (C=O) groups excluding carboxylic acids is 1. The maximum atomic E-state index is 13.3. The smallest absolute Gasteiger partial charge is 0.333 e. The van der Waals surface area contributed by atoms with Gasteiger partial charge in [-0.15, -0.1) is 11.3 Å². The number of nitrogens with one attached hydrogen (secondary N) is 1. The van der Waals surface area contributed by atoms with Gasteiger partial charge >= 0.3 is 10.3 Å². The third-order valence-electron chi connectivity index (χ3n) is 5.54.